The van der Waals surface area contributed by atoms with Gasteiger partial charge >= 0.3 is 12.6 Å². The van der Waals surface area contributed by atoms with Gasteiger partial charge in [0.05, 0.1) is 17.2 Å². The highest BCUT2D eigenvalue weighted by Gasteiger charge is 2.27. The van der Waals surface area contributed by atoms with Crippen LogP contribution in [0.25, 0.3) is 11.1 Å². The third kappa shape index (κ3) is 3.79. The predicted octanol–water partition coefficient (Wildman–Crippen LogP) is 1.44. The average molecular weight is 372 g/mol. The van der Waals surface area contributed by atoms with Gasteiger partial charge < -0.3 is 19.4 Å². The lowest BCUT2D eigenvalue weighted by molar-refractivity contribution is -0.121. The molecular weight excluding hydrogens is 351 g/mol. The largest absolute Gasteiger partial charge is 0.420 e. The first-order valence-corrected chi connectivity index (χ1v) is 8.96. The molecule has 0 radical (unpaired) electrons. The molecule has 27 heavy (non-hydrogen) atoms. The normalized spacial score (nSPS) is 15.6. The highest BCUT2D eigenvalue weighted by atomic mass is 16.4. The van der Waals surface area contributed by atoms with E-state index in [0.29, 0.717) is 43.1 Å². The van der Waals surface area contributed by atoms with Crippen molar-refractivity contribution >= 4 is 35.8 Å². The first-order chi connectivity index (χ1) is 13.1. The van der Waals surface area contributed by atoms with Crippen LogP contribution >= 0.6 is 0 Å². The zero-order chi connectivity index (χ0) is 19.4. The lowest BCUT2D eigenvalue weighted by atomic mass is 9.55. The quantitative estimate of drug-likeness (QED) is 0.447. The van der Waals surface area contributed by atoms with E-state index in [4.69, 9.17) is 4.42 Å². The van der Waals surface area contributed by atoms with E-state index in [9.17, 15) is 19.3 Å². The van der Waals surface area contributed by atoms with Crippen molar-refractivity contribution in [1.29, 1.82) is 0 Å². The molecule has 1 amide bonds. The Kier molecular flexibility index (Phi) is 5.73. The van der Waals surface area contributed by atoms with Crippen LogP contribution in [-0.2, 0) is 9.59 Å². The van der Waals surface area contributed by atoms with E-state index in [1.807, 2.05) is 6.07 Å². The lowest BCUT2D eigenvalue weighted by Crippen LogP contribution is -2.36. The Bertz CT molecular complexity index is 900. The van der Waals surface area contributed by atoms with Crippen molar-refractivity contribution in [2.24, 2.45) is 5.09 Å². The first kappa shape index (κ1) is 18.9. The van der Waals surface area contributed by atoms with E-state index < -0.39 is 11.8 Å². The topological polar surface area (TPSA) is 114 Å². The Balaban J connectivity index is 1.93. The summed E-state index contributed by atoms with van der Waals surface area (Å²) in [4.78, 5) is 48.3. The molecule has 1 N–H and O–H groups in total. The van der Waals surface area contributed by atoms with Gasteiger partial charge in [0.1, 0.15) is 6.29 Å². The van der Waals surface area contributed by atoms with Crippen LogP contribution in [0.2, 0.25) is 12.6 Å². The molecule has 0 spiro atoms. The van der Waals surface area contributed by atoms with E-state index in [2.05, 4.69) is 15.3 Å². The van der Waals surface area contributed by atoms with Gasteiger partial charge in [0, 0.05) is 26.6 Å². The molecule has 9 nitrogen and oxygen atoms in total. The number of nitroso groups, excluding NO2 is 1. The number of hydrogen-bond acceptors (Lipinski definition) is 7. The van der Waals surface area contributed by atoms with E-state index in [-0.39, 0.29) is 25.6 Å². The molecule has 0 saturated carbocycles. The number of nitrogens with zero attached hydrogens (tertiary/aromatic N) is 3. The van der Waals surface area contributed by atoms with Crippen molar-refractivity contribution < 1.29 is 14.0 Å². The molecule has 0 aliphatic carbocycles. The summed E-state index contributed by atoms with van der Waals surface area (Å²) in [5.41, 5.74) is 1.68. The molecule has 1 saturated heterocycles. The Hall–Kier alpha value is -2.91. The van der Waals surface area contributed by atoms with Gasteiger partial charge in [0.15, 0.2) is 5.58 Å². The monoisotopic (exact) mass is 372 g/mol. The Morgan fingerprint density at radius 2 is 2.15 bits per heavy atom. The maximum atomic E-state index is 12.4. The smallest absolute Gasteiger partial charge is 0.405 e. The second kappa shape index (κ2) is 8.19. The number of amides is 1. The number of oxazole rings is 1. The van der Waals surface area contributed by atoms with Crippen LogP contribution in [-0.4, -0.2) is 43.7 Å². The number of hydrogen-bond donors (Lipinski definition) is 1. The number of carbonyl (C=O) groups excluding carboxylic acids is 2. The average Bonchev–Trinajstić information content (AvgIpc) is 3.04. The summed E-state index contributed by atoms with van der Waals surface area (Å²) < 4.78 is 6.77. The maximum Gasteiger partial charge on any atom is 0.420 e. The van der Waals surface area contributed by atoms with Crippen LogP contribution in [0, 0.1) is 4.91 Å². The van der Waals surface area contributed by atoms with Gasteiger partial charge in [-0.25, -0.2) is 4.79 Å². The molecule has 1 aliphatic heterocycles. The van der Waals surface area contributed by atoms with Crippen molar-refractivity contribution in [2.45, 2.75) is 31.5 Å². The lowest BCUT2D eigenvalue weighted by Gasteiger charge is -2.29. The van der Waals surface area contributed by atoms with Crippen molar-refractivity contribution in [3.05, 3.63) is 33.7 Å². The highest BCUT2D eigenvalue weighted by Crippen LogP contribution is 2.30. The number of para-hydroxylation sites is 1. The van der Waals surface area contributed by atoms with Crippen molar-refractivity contribution in [2.75, 3.05) is 25.0 Å². The summed E-state index contributed by atoms with van der Waals surface area (Å²) in [6.45, 7) is 1.09. The number of nitrogens with one attached hydrogen (secondary N) is 1. The third-order valence-corrected chi connectivity index (χ3v) is 5.01. The van der Waals surface area contributed by atoms with Gasteiger partial charge in [-0.2, -0.15) is 4.91 Å². The number of aldehydes is 1. The van der Waals surface area contributed by atoms with Gasteiger partial charge in [0.25, 0.3) is 0 Å². The Labute approximate surface area is 155 Å². The molecule has 1 atom stereocenters. The van der Waals surface area contributed by atoms with Gasteiger partial charge in [-0.1, -0.05) is 6.07 Å². The molecule has 142 valence electrons. The number of carbonyl (C=O) groups is 2. The fraction of sp³-hybridized carbons (Fsp3) is 0.471. The van der Waals surface area contributed by atoms with Gasteiger partial charge in [0.2, 0.25) is 5.91 Å². The molecule has 1 aromatic carbocycles. The highest BCUT2D eigenvalue weighted by molar-refractivity contribution is 6.57. The van der Waals surface area contributed by atoms with Gasteiger partial charge in [-0.05, 0) is 31.2 Å². The molecule has 1 unspecified atom stereocenters. The number of fused-ring (bicyclic) bond motifs is 1. The zero-order valence-corrected chi connectivity index (χ0v) is 15.1. The molecule has 2 aromatic rings. The first-order valence-electron chi connectivity index (χ1n) is 8.96. The fourth-order valence-corrected chi connectivity index (χ4v) is 3.48. The predicted molar refractivity (Wildman–Crippen MR) is 102 cm³/mol. The molecular formula is C17H21BN4O5. The summed E-state index contributed by atoms with van der Waals surface area (Å²) in [6, 6.07) is 4.59. The number of aromatic nitrogens is 1. The standard InChI is InChI=1S/C17H21BN4O5/c1-19-15(24)6-5-12(11-23)22-14-4-2-3-13(16(14)27-17(22)25)21-9-7-18(20-26)8-10-21/h2-4,11-12H,5-10H2,1H3,(H,19,24). The van der Waals surface area contributed by atoms with E-state index in [1.165, 1.54) is 11.6 Å². The Morgan fingerprint density at radius 3 is 2.78 bits per heavy atom. The maximum absolute atomic E-state index is 12.4. The van der Waals surface area contributed by atoms with Crippen LogP contribution in [0.4, 0.5) is 5.69 Å². The molecule has 2 heterocycles. The van der Waals surface area contributed by atoms with Crippen molar-refractivity contribution in [1.82, 2.24) is 9.88 Å². The fourth-order valence-electron chi connectivity index (χ4n) is 3.48. The molecule has 1 aromatic heterocycles. The number of anilines is 1. The summed E-state index contributed by atoms with van der Waals surface area (Å²) in [6.07, 6.45) is 2.29. The van der Waals surface area contributed by atoms with Crippen LogP contribution < -0.4 is 16.0 Å². The summed E-state index contributed by atoms with van der Waals surface area (Å²) in [5, 5.41) is 5.61. The van der Waals surface area contributed by atoms with Crippen LogP contribution in [0.1, 0.15) is 18.9 Å². The van der Waals surface area contributed by atoms with E-state index in [1.54, 1.807) is 12.1 Å². The van der Waals surface area contributed by atoms with Crippen LogP contribution in [0.15, 0.2) is 32.5 Å². The van der Waals surface area contributed by atoms with Crippen LogP contribution in [0.5, 0.6) is 0 Å². The van der Waals surface area contributed by atoms with Crippen molar-refractivity contribution in [3.8, 4) is 0 Å². The van der Waals surface area contributed by atoms with Crippen LogP contribution in [0.3, 0.4) is 0 Å². The summed E-state index contributed by atoms with van der Waals surface area (Å²) >= 11 is 0. The Morgan fingerprint density at radius 1 is 1.41 bits per heavy atom. The minimum absolute atomic E-state index is 0.130. The summed E-state index contributed by atoms with van der Waals surface area (Å²) in [5.74, 6) is -0.828. The van der Waals surface area contributed by atoms with Crippen molar-refractivity contribution in [3.63, 3.8) is 0 Å². The van der Waals surface area contributed by atoms with Gasteiger partial charge in [-0.15, -0.1) is 5.09 Å². The molecule has 1 aliphatic rings. The SMILES string of the molecule is CNC(=O)CCC(C=O)n1c(=O)oc2c(N3CCB(N=O)CC3)cccc21. The number of benzene rings is 1. The molecule has 10 heteroatoms. The minimum Gasteiger partial charge on any atom is -0.405 e. The zero-order valence-electron chi connectivity index (χ0n) is 15.1. The molecule has 1 fully saturated rings. The second-order valence-corrected chi connectivity index (χ2v) is 6.60. The number of rotatable bonds is 7. The third-order valence-electron chi connectivity index (χ3n) is 5.01. The molecule has 0 bridgehead atoms. The van der Waals surface area contributed by atoms with E-state index >= 15 is 0 Å². The minimum atomic E-state index is -0.781. The summed E-state index contributed by atoms with van der Waals surface area (Å²) in [7, 11) is 1.52. The van der Waals surface area contributed by atoms with Gasteiger partial charge in [-0.3, -0.25) is 9.36 Å². The second-order valence-electron chi connectivity index (χ2n) is 6.60. The molecule has 3 rings (SSSR count). The van der Waals surface area contributed by atoms with E-state index in [0.717, 1.165) is 5.69 Å².